The fourth-order valence-corrected chi connectivity index (χ4v) is 2.58. The van der Waals surface area contributed by atoms with E-state index in [9.17, 15) is 9.90 Å². The second kappa shape index (κ2) is 19.5. The van der Waals surface area contributed by atoms with Crippen LogP contribution in [0.2, 0.25) is 0 Å². The van der Waals surface area contributed by atoms with Crippen LogP contribution in [0.1, 0.15) is 69.3 Å². The van der Waals surface area contributed by atoms with E-state index >= 15 is 0 Å². The molecule has 0 radical (unpaired) electrons. The van der Waals surface area contributed by atoms with Crippen LogP contribution >= 0.6 is 24.8 Å². The lowest BCUT2D eigenvalue weighted by atomic mass is 10.2. The molecule has 0 aliphatic heterocycles. The molecule has 0 aliphatic carbocycles. The molecule has 0 heterocycles. The van der Waals surface area contributed by atoms with Crippen LogP contribution in [0, 0.1) is 11.8 Å². The van der Waals surface area contributed by atoms with E-state index in [0.29, 0.717) is 10.6 Å². The van der Waals surface area contributed by atoms with Gasteiger partial charge in [-0.15, -0.1) is 12.6 Å². The van der Waals surface area contributed by atoms with Gasteiger partial charge in [0, 0.05) is 23.8 Å². The molecule has 6 heteroatoms. The van der Waals surface area contributed by atoms with Crippen molar-refractivity contribution in [3.8, 4) is 5.75 Å². The smallest absolute Gasteiger partial charge is 0.227 e. The highest BCUT2D eigenvalue weighted by atomic mass is 32.1. The lowest BCUT2D eigenvalue weighted by Gasteiger charge is -2.18. The Hall–Kier alpha value is -2.67. The van der Waals surface area contributed by atoms with Crippen LogP contribution in [0.5, 0.6) is 5.75 Å². The van der Waals surface area contributed by atoms with Gasteiger partial charge in [0.15, 0.2) is 5.05 Å². The molecule has 0 amide bonds. The molecule has 0 aromatic heterocycles. The van der Waals surface area contributed by atoms with Gasteiger partial charge in [-0.1, -0.05) is 102 Å². The molecular weight excluding hydrogens is 488 g/mol. The number of carbonyl (C=O) groups is 1. The first-order valence-corrected chi connectivity index (χ1v) is 12.7. The molecule has 196 valence electrons. The van der Waals surface area contributed by atoms with Crippen molar-refractivity contribution >= 4 is 35.0 Å². The number of methoxy groups -OCH3 is 1. The minimum atomic E-state index is -0.539. The van der Waals surface area contributed by atoms with Gasteiger partial charge in [0.25, 0.3) is 0 Å². The Morgan fingerprint density at radius 1 is 0.750 bits per heavy atom. The van der Waals surface area contributed by atoms with Gasteiger partial charge in [-0.05, 0) is 48.3 Å². The van der Waals surface area contributed by atoms with E-state index < -0.39 is 6.29 Å². The molecule has 1 unspecified atom stereocenters. The zero-order valence-electron chi connectivity index (χ0n) is 22.3. The summed E-state index contributed by atoms with van der Waals surface area (Å²) in [6.45, 7) is 13.0. The minimum absolute atomic E-state index is 0.185. The molecule has 3 rings (SSSR count). The van der Waals surface area contributed by atoms with Crippen molar-refractivity contribution in [2.45, 2.75) is 47.8 Å². The summed E-state index contributed by atoms with van der Waals surface area (Å²) in [5.74, 6) is 1.86. The Labute approximate surface area is 228 Å². The van der Waals surface area contributed by atoms with Gasteiger partial charge in [-0.2, -0.15) is 0 Å². The molecule has 3 aromatic rings. The molecule has 0 spiro atoms. The maximum Gasteiger partial charge on any atom is 0.227 e. The van der Waals surface area contributed by atoms with Gasteiger partial charge in [-0.25, -0.2) is 0 Å². The Morgan fingerprint density at radius 2 is 1.17 bits per heavy atom. The van der Waals surface area contributed by atoms with Gasteiger partial charge in [-0.3, -0.25) is 4.79 Å². The van der Waals surface area contributed by atoms with Crippen molar-refractivity contribution in [1.29, 1.82) is 0 Å². The third-order valence-electron chi connectivity index (χ3n) is 3.62. The number of benzene rings is 3. The van der Waals surface area contributed by atoms with E-state index in [1.807, 2.05) is 48.5 Å². The van der Waals surface area contributed by atoms with E-state index in [1.54, 1.807) is 43.5 Å². The summed E-state index contributed by atoms with van der Waals surface area (Å²) < 4.78 is 10.9. The largest absolute Gasteiger partial charge is 0.508 e. The average Bonchev–Trinajstić information content (AvgIpc) is 2.83. The van der Waals surface area contributed by atoms with Crippen molar-refractivity contribution < 1.29 is 19.4 Å². The van der Waals surface area contributed by atoms with Crippen LogP contribution in [0.25, 0.3) is 0 Å². The Balaban J connectivity index is 0.000000594. The molecular formula is C30H40O4S2. The second-order valence-electron chi connectivity index (χ2n) is 9.07. The molecule has 0 saturated heterocycles. The van der Waals surface area contributed by atoms with Crippen LogP contribution in [-0.4, -0.2) is 22.4 Å². The third-order valence-corrected chi connectivity index (χ3v) is 4.21. The lowest BCUT2D eigenvalue weighted by molar-refractivity contribution is -0.0628. The van der Waals surface area contributed by atoms with Crippen LogP contribution in [0.15, 0.2) is 84.9 Å². The zero-order valence-corrected chi connectivity index (χ0v) is 24.1. The summed E-state index contributed by atoms with van der Waals surface area (Å²) in [7, 11) is 1.57. The van der Waals surface area contributed by atoms with Crippen molar-refractivity contribution in [3.05, 3.63) is 102 Å². The zero-order chi connectivity index (χ0) is 27.5. The monoisotopic (exact) mass is 528 g/mol. The fraction of sp³-hybridized carbons (Fsp3) is 0.333. The van der Waals surface area contributed by atoms with Crippen LogP contribution < -0.4 is 0 Å². The first-order chi connectivity index (χ1) is 17.0. The van der Waals surface area contributed by atoms with E-state index in [2.05, 4.69) is 54.2 Å². The number of phenols is 1. The van der Waals surface area contributed by atoms with E-state index in [-0.39, 0.29) is 10.9 Å². The lowest BCUT2D eigenvalue weighted by Crippen LogP contribution is -2.12. The first kappa shape index (κ1) is 33.3. The number of hydrogen-bond acceptors (Lipinski definition) is 5. The third kappa shape index (κ3) is 16.9. The molecule has 0 saturated carbocycles. The quantitative estimate of drug-likeness (QED) is 0.197. The molecule has 1 N–H and O–H groups in total. The Morgan fingerprint density at radius 3 is 1.53 bits per heavy atom. The minimum Gasteiger partial charge on any atom is -0.508 e. The molecule has 0 fully saturated rings. The number of carbonyl (C=O) groups excluding carboxylic acids is 1. The molecule has 0 bridgehead atoms. The molecule has 3 aromatic carbocycles. The van der Waals surface area contributed by atoms with Crippen LogP contribution in [0.3, 0.4) is 0 Å². The highest BCUT2D eigenvalue weighted by Gasteiger charge is 2.14. The fourth-order valence-electron chi connectivity index (χ4n) is 2.21. The van der Waals surface area contributed by atoms with E-state index in [4.69, 9.17) is 21.7 Å². The van der Waals surface area contributed by atoms with Crippen molar-refractivity contribution in [2.24, 2.45) is 11.8 Å². The number of rotatable bonds is 5. The van der Waals surface area contributed by atoms with Gasteiger partial charge < -0.3 is 14.6 Å². The van der Waals surface area contributed by atoms with E-state index in [0.717, 1.165) is 23.0 Å². The summed E-state index contributed by atoms with van der Waals surface area (Å²) >= 11 is 8.87. The highest BCUT2D eigenvalue weighted by Crippen LogP contribution is 2.21. The standard InChI is InChI=1S/C15H14O3S.C7H6OS.2C4H10/c1-17-14(11-5-3-2-4-6-11)18-15(19)12-7-9-13(16)10-8-12;8-7(9)6-4-2-1-3-5-6;2*1-4(2)3/h2-10,14,16H,1H3;1-5H,(H,8,9);2*4H,1-3H3. The maximum absolute atomic E-state index is 10.5. The predicted octanol–water partition coefficient (Wildman–Crippen LogP) is 8.51. The summed E-state index contributed by atoms with van der Waals surface area (Å²) in [6, 6.07) is 25.0. The second-order valence-corrected chi connectivity index (χ2v) is 9.84. The number of thiol groups is 1. The average molecular weight is 529 g/mol. The van der Waals surface area contributed by atoms with Gasteiger partial charge in [0.05, 0.1) is 0 Å². The molecule has 1 atom stereocenters. The molecule has 4 nitrogen and oxygen atoms in total. The first-order valence-electron chi connectivity index (χ1n) is 11.8. The number of ether oxygens (including phenoxy) is 2. The van der Waals surface area contributed by atoms with E-state index in [1.165, 1.54) is 0 Å². The number of phenolic OH excluding ortho intramolecular Hbond substituents is 1. The van der Waals surface area contributed by atoms with Crippen LogP contribution in [0.4, 0.5) is 0 Å². The van der Waals surface area contributed by atoms with Crippen LogP contribution in [-0.2, 0) is 9.47 Å². The van der Waals surface area contributed by atoms with Crippen molar-refractivity contribution in [2.75, 3.05) is 7.11 Å². The van der Waals surface area contributed by atoms with Crippen molar-refractivity contribution in [1.82, 2.24) is 0 Å². The Kier molecular flexibility index (Phi) is 18.1. The predicted molar refractivity (Wildman–Crippen MR) is 158 cm³/mol. The summed E-state index contributed by atoms with van der Waals surface area (Å²) in [4.78, 5) is 10.5. The van der Waals surface area contributed by atoms with Gasteiger partial charge >= 0.3 is 0 Å². The topological polar surface area (TPSA) is 55.8 Å². The summed E-state index contributed by atoms with van der Waals surface area (Å²) in [6.07, 6.45) is -0.539. The maximum atomic E-state index is 10.5. The molecule has 36 heavy (non-hydrogen) atoms. The number of aromatic hydroxyl groups is 1. The SMILES string of the molecule is CC(C)C.CC(C)C.COC(OC(=S)c1ccc(O)cc1)c1ccccc1.O=C(S)c1ccccc1. The normalized spacial score (nSPS) is 10.5. The molecule has 0 aliphatic rings. The highest BCUT2D eigenvalue weighted by molar-refractivity contribution is 7.97. The summed E-state index contributed by atoms with van der Waals surface area (Å²) in [5.41, 5.74) is 2.26. The van der Waals surface area contributed by atoms with Crippen molar-refractivity contribution in [3.63, 3.8) is 0 Å². The number of thiocarbonyl (C=S) groups is 1. The summed E-state index contributed by atoms with van der Waals surface area (Å²) in [5, 5.41) is 9.38. The van der Waals surface area contributed by atoms with Gasteiger partial charge in [0.2, 0.25) is 11.4 Å². The Bertz CT molecular complexity index is 961. The van der Waals surface area contributed by atoms with Gasteiger partial charge in [0.1, 0.15) is 5.75 Å². The number of hydrogen-bond donors (Lipinski definition) is 2.